The predicted molar refractivity (Wildman–Crippen MR) is 81.6 cm³/mol. The van der Waals surface area contributed by atoms with Crippen molar-refractivity contribution in [1.82, 2.24) is 9.80 Å². The van der Waals surface area contributed by atoms with Gasteiger partial charge in [-0.05, 0) is 18.8 Å². The summed E-state index contributed by atoms with van der Waals surface area (Å²) in [4.78, 5) is 26.7. The van der Waals surface area contributed by atoms with Gasteiger partial charge in [-0.15, -0.1) is 0 Å². The van der Waals surface area contributed by atoms with E-state index < -0.39 is 5.97 Å². The van der Waals surface area contributed by atoms with Gasteiger partial charge in [0.1, 0.15) is 0 Å². The quantitative estimate of drug-likeness (QED) is 0.718. The second-order valence-corrected chi connectivity index (χ2v) is 6.89. The fraction of sp³-hybridized carbons (Fsp3) is 0.857. The molecule has 2 rings (SSSR count). The van der Waals surface area contributed by atoms with Gasteiger partial charge in [0.15, 0.2) is 0 Å². The number of carboxylic acid groups (broad SMARTS) is 1. The van der Waals surface area contributed by atoms with Crippen LogP contribution >= 0.6 is 11.8 Å². The molecule has 21 heavy (non-hydrogen) atoms. The van der Waals surface area contributed by atoms with Crippen LogP contribution < -0.4 is 0 Å². The van der Waals surface area contributed by atoms with E-state index >= 15 is 0 Å². The van der Waals surface area contributed by atoms with Crippen LogP contribution in [0, 0.1) is 5.92 Å². The first-order valence-electron chi connectivity index (χ1n) is 7.47. The number of carbonyl (C=O) groups is 2. The molecule has 120 valence electrons. The van der Waals surface area contributed by atoms with E-state index in [4.69, 9.17) is 9.84 Å². The average Bonchev–Trinajstić information content (AvgIpc) is 3.27. The van der Waals surface area contributed by atoms with Gasteiger partial charge < -0.3 is 19.6 Å². The highest BCUT2D eigenvalue weighted by molar-refractivity contribution is 7.99. The van der Waals surface area contributed by atoms with Gasteiger partial charge in [-0.1, -0.05) is 0 Å². The number of likely N-dealkylation sites (N-methyl/N-ethyl adjacent to an activating group) is 1. The highest BCUT2D eigenvalue weighted by atomic mass is 32.2. The molecule has 1 unspecified atom stereocenters. The minimum absolute atomic E-state index is 0.0186. The molecule has 2 amide bonds. The Bertz CT molecular complexity index is 376. The summed E-state index contributed by atoms with van der Waals surface area (Å²) in [6, 6.07) is -0.292. The molecule has 0 spiro atoms. The van der Waals surface area contributed by atoms with Crippen molar-refractivity contribution in [3.05, 3.63) is 0 Å². The lowest BCUT2D eigenvalue weighted by molar-refractivity contribution is -0.138. The molecule has 0 bridgehead atoms. The summed E-state index contributed by atoms with van der Waals surface area (Å²) in [5.74, 6) is 1.44. The molecule has 6 nitrogen and oxygen atoms in total. The molecule has 2 fully saturated rings. The molecule has 0 radical (unpaired) electrons. The zero-order valence-corrected chi connectivity index (χ0v) is 13.3. The lowest BCUT2D eigenvalue weighted by atomic mass is 10.2. The van der Waals surface area contributed by atoms with Crippen LogP contribution in [-0.2, 0) is 9.53 Å². The van der Waals surface area contributed by atoms with Crippen LogP contribution in [0.1, 0.15) is 19.3 Å². The van der Waals surface area contributed by atoms with Crippen molar-refractivity contribution >= 4 is 23.8 Å². The average molecular weight is 316 g/mol. The van der Waals surface area contributed by atoms with Gasteiger partial charge in [0.05, 0.1) is 19.1 Å². The zero-order valence-electron chi connectivity index (χ0n) is 12.5. The van der Waals surface area contributed by atoms with E-state index in [-0.39, 0.29) is 18.5 Å². The zero-order chi connectivity index (χ0) is 15.2. The Labute approximate surface area is 129 Å². The van der Waals surface area contributed by atoms with Crippen molar-refractivity contribution in [2.45, 2.75) is 25.3 Å². The Morgan fingerprint density at radius 2 is 2.19 bits per heavy atom. The van der Waals surface area contributed by atoms with Crippen LogP contribution in [0.15, 0.2) is 0 Å². The number of rotatable bonds is 7. The van der Waals surface area contributed by atoms with E-state index in [1.807, 2.05) is 0 Å². The highest BCUT2D eigenvalue weighted by Gasteiger charge is 2.30. The fourth-order valence-corrected chi connectivity index (χ4v) is 3.39. The Morgan fingerprint density at radius 1 is 1.43 bits per heavy atom. The number of urea groups is 1. The van der Waals surface area contributed by atoms with Gasteiger partial charge in [0.25, 0.3) is 0 Å². The SMILES string of the molecule is CN(CCOCC1CC1)C(=O)N1CCSCC1CC(=O)O. The number of carbonyl (C=O) groups excluding carboxylic acids is 1. The van der Waals surface area contributed by atoms with Gasteiger partial charge in [-0.25, -0.2) is 4.79 Å². The second-order valence-electron chi connectivity index (χ2n) is 5.74. The van der Waals surface area contributed by atoms with Gasteiger partial charge in [-0.3, -0.25) is 4.79 Å². The first-order chi connectivity index (χ1) is 10.1. The van der Waals surface area contributed by atoms with E-state index in [2.05, 4.69) is 0 Å². The van der Waals surface area contributed by atoms with Crippen molar-refractivity contribution in [2.24, 2.45) is 5.92 Å². The summed E-state index contributed by atoms with van der Waals surface area (Å²) >= 11 is 1.71. The maximum absolute atomic E-state index is 12.4. The van der Waals surface area contributed by atoms with Gasteiger partial charge in [-0.2, -0.15) is 11.8 Å². The number of ether oxygens (including phenoxy) is 1. The van der Waals surface area contributed by atoms with Crippen LogP contribution in [-0.4, -0.2) is 77.8 Å². The van der Waals surface area contributed by atoms with Crippen LogP contribution in [0.4, 0.5) is 4.79 Å². The van der Waals surface area contributed by atoms with E-state index in [1.54, 1.807) is 28.6 Å². The van der Waals surface area contributed by atoms with Crippen LogP contribution in [0.5, 0.6) is 0 Å². The molecule has 1 aliphatic heterocycles. The fourth-order valence-electron chi connectivity index (χ4n) is 2.33. The summed E-state index contributed by atoms with van der Waals surface area (Å²) in [6.07, 6.45) is 2.54. The molecule has 1 heterocycles. The maximum Gasteiger partial charge on any atom is 0.320 e. The minimum atomic E-state index is -0.851. The molecule has 1 saturated carbocycles. The number of carboxylic acids is 1. The normalized spacial score (nSPS) is 22.1. The lowest BCUT2D eigenvalue weighted by Crippen LogP contribution is -2.52. The molecule has 1 atom stereocenters. The number of hydrogen-bond donors (Lipinski definition) is 1. The largest absolute Gasteiger partial charge is 0.481 e. The van der Waals surface area contributed by atoms with Crippen LogP contribution in [0.2, 0.25) is 0 Å². The smallest absolute Gasteiger partial charge is 0.320 e. The molecule has 1 aliphatic carbocycles. The van der Waals surface area contributed by atoms with E-state index in [0.29, 0.717) is 25.4 Å². The number of nitrogens with zero attached hydrogens (tertiary/aromatic N) is 2. The second kappa shape index (κ2) is 7.89. The van der Waals surface area contributed by atoms with E-state index in [9.17, 15) is 9.59 Å². The summed E-state index contributed by atoms with van der Waals surface area (Å²) in [6.45, 7) is 2.51. The predicted octanol–water partition coefficient (Wildman–Crippen LogP) is 1.36. The van der Waals surface area contributed by atoms with Crippen molar-refractivity contribution in [1.29, 1.82) is 0 Å². The highest BCUT2D eigenvalue weighted by Crippen LogP contribution is 2.28. The monoisotopic (exact) mass is 316 g/mol. The van der Waals surface area contributed by atoms with Crippen molar-refractivity contribution in [3.8, 4) is 0 Å². The Balaban J connectivity index is 1.75. The summed E-state index contributed by atoms with van der Waals surface area (Å²) < 4.78 is 5.55. The minimum Gasteiger partial charge on any atom is -0.481 e. The molecule has 0 aromatic carbocycles. The Hall–Kier alpha value is -0.950. The van der Waals surface area contributed by atoms with Crippen molar-refractivity contribution in [2.75, 3.05) is 44.9 Å². The number of thioether (sulfide) groups is 1. The topological polar surface area (TPSA) is 70.1 Å². The number of aliphatic carboxylic acids is 1. The summed E-state index contributed by atoms with van der Waals surface area (Å²) in [5.41, 5.74) is 0. The van der Waals surface area contributed by atoms with Crippen molar-refractivity contribution < 1.29 is 19.4 Å². The van der Waals surface area contributed by atoms with Crippen LogP contribution in [0.3, 0.4) is 0 Å². The number of hydrogen-bond acceptors (Lipinski definition) is 4. The molecule has 1 saturated heterocycles. The molecule has 7 heteroatoms. The first kappa shape index (κ1) is 16.4. The lowest BCUT2D eigenvalue weighted by Gasteiger charge is -2.37. The third-order valence-corrected chi connectivity index (χ3v) is 4.92. The molecule has 2 aliphatic rings. The standard InChI is InChI=1S/C14H24N2O4S/c1-15(4-6-20-9-11-2-3-11)14(19)16-5-7-21-10-12(16)8-13(17)18/h11-12H,2-10H2,1H3,(H,17,18). The maximum atomic E-state index is 12.4. The van der Waals surface area contributed by atoms with Gasteiger partial charge in [0, 0.05) is 38.2 Å². The van der Waals surface area contributed by atoms with Gasteiger partial charge in [0.2, 0.25) is 0 Å². The first-order valence-corrected chi connectivity index (χ1v) is 8.62. The molecular weight excluding hydrogens is 292 g/mol. The molecular formula is C14H24N2O4S. The van der Waals surface area contributed by atoms with Crippen LogP contribution in [0.25, 0.3) is 0 Å². The Kier molecular flexibility index (Phi) is 6.17. The van der Waals surface area contributed by atoms with Crippen molar-refractivity contribution in [3.63, 3.8) is 0 Å². The third kappa shape index (κ3) is 5.39. The molecule has 0 aromatic heterocycles. The van der Waals surface area contributed by atoms with Gasteiger partial charge >= 0.3 is 12.0 Å². The Morgan fingerprint density at radius 3 is 2.86 bits per heavy atom. The summed E-state index contributed by atoms with van der Waals surface area (Å²) in [5, 5.41) is 8.95. The summed E-state index contributed by atoms with van der Waals surface area (Å²) in [7, 11) is 1.75. The number of amides is 2. The van der Waals surface area contributed by atoms with E-state index in [1.165, 1.54) is 12.8 Å². The molecule has 1 N–H and O–H groups in total. The van der Waals surface area contributed by atoms with E-state index in [0.717, 1.165) is 18.3 Å². The molecule has 0 aromatic rings. The third-order valence-electron chi connectivity index (χ3n) is 3.83.